The number of hydrogen-bond donors (Lipinski definition) is 0. The highest BCUT2D eigenvalue weighted by Gasteiger charge is 2.16. The molecule has 0 saturated heterocycles. The lowest BCUT2D eigenvalue weighted by molar-refractivity contribution is 0.447. The smallest absolute Gasteiger partial charge is 0.291 e. The summed E-state index contributed by atoms with van der Waals surface area (Å²) in [7, 11) is 0. The van der Waals surface area contributed by atoms with Gasteiger partial charge in [-0.3, -0.25) is 4.79 Å². The molecule has 0 aliphatic carbocycles. The third-order valence-electron chi connectivity index (χ3n) is 3.22. The summed E-state index contributed by atoms with van der Waals surface area (Å²) in [6.07, 6.45) is 2.99. The molecule has 0 bridgehead atoms. The van der Waals surface area contributed by atoms with E-state index in [-0.39, 0.29) is 16.1 Å². The second-order valence-electron chi connectivity index (χ2n) is 4.83. The van der Waals surface area contributed by atoms with Crippen LogP contribution in [0.4, 0.5) is 0 Å². The van der Waals surface area contributed by atoms with E-state index in [4.69, 9.17) is 20.4 Å². The molecule has 0 unspecified atom stereocenters. The van der Waals surface area contributed by atoms with Crippen LogP contribution in [0.25, 0.3) is 17.3 Å². The van der Waals surface area contributed by atoms with Crippen molar-refractivity contribution in [3.05, 3.63) is 70.3 Å². The molecule has 0 spiro atoms. The minimum absolute atomic E-state index is 0.0293. The maximum Gasteiger partial charge on any atom is 0.291 e. The second-order valence-corrected chi connectivity index (χ2v) is 6.20. The van der Waals surface area contributed by atoms with E-state index in [9.17, 15) is 4.79 Å². The van der Waals surface area contributed by atoms with E-state index in [2.05, 4.69) is 15.3 Å². The highest BCUT2D eigenvalue weighted by atomic mass is 35.5. The van der Waals surface area contributed by atoms with Gasteiger partial charge in [-0.25, -0.2) is 0 Å². The van der Waals surface area contributed by atoms with Gasteiger partial charge in [0.15, 0.2) is 5.76 Å². The van der Waals surface area contributed by atoms with Crippen LogP contribution in [0.5, 0.6) is 0 Å². The lowest BCUT2D eigenvalue weighted by atomic mass is 10.3. The summed E-state index contributed by atoms with van der Waals surface area (Å²) in [6.45, 7) is 0. The highest BCUT2D eigenvalue weighted by molar-refractivity contribution is 7.99. The summed E-state index contributed by atoms with van der Waals surface area (Å²) in [4.78, 5) is 12.9. The van der Waals surface area contributed by atoms with E-state index in [0.717, 1.165) is 11.8 Å². The fraction of sp³-hybridized carbons (Fsp3) is 0. The zero-order valence-corrected chi connectivity index (χ0v) is 14.1. The number of furan rings is 1. The molecular weight excluding hydrogens is 364 g/mol. The van der Waals surface area contributed by atoms with Gasteiger partial charge in [0.25, 0.3) is 16.7 Å². The lowest BCUT2D eigenvalue weighted by Gasteiger charge is -2.06. The molecular formula is C16H9ClN4O3S. The molecule has 0 fully saturated rings. The van der Waals surface area contributed by atoms with Gasteiger partial charge in [-0.2, -0.15) is 9.78 Å². The molecule has 0 radical (unpaired) electrons. The average Bonchev–Trinajstić information content (AvgIpc) is 3.31. The Morgan fingerprint density at radius 1 is 1.08 bits per heavy atom. The molecule has 3 aromatic heterocycles. The summed E-state index contributed by atoms with van der Waals surface area (Å²) in [5.41, 5.74) is 0.201. The van der Waals surface area contributed by atoms with Gasteiger partial charge in [-0.05, 0) is 36.0 Å². The van der Waals surface area contributed by atoms with Crippen molar-refractivity contribution in [2.24, 2.45) is 0 Å². The van der Waals surface area contributed by atoms with Crippen LogP contribution in [0, 0.1) is 0 Å². The zero-order chi connectivity index (χ0) is 17.2. The topological polar surface area (TPSA) is 86.9 Å². The summed E-state index contributed by atoms with van der Waals surface area (Å²) < 4.78 is 11.9. The molecule has 4 aromatic rings. The first-order valence-electron chi connectivity index (χ1n) is 7.11. The first-order valence-corrected chi connectivity index (χ1v) is 8.30. The van der Waals surface area contributed by atoms with Crippen molar-refractivity contribution < 1.29 is 8.83 Å². The summed E-state index contributed by atoms with van der Waals surface area (Å²) in [6, 6.07) is 12.4. The van der Waals surface area contributed by atoms with Crippen LogP contribution < -0.4 is 5.56 Å². The Balaban J connectivity index is 1.64. The zero-order valence-electron chi connectivity index (χ0n) is 12.5. The number of aromatic nitrogens is 4. The van der Waals surface area contributed by atoms with E-state index in [0.29, 0.717) is 16.3 Å². The van der Waals surface area contributed by atoms with Crippen molar-refractivity contribution in [1.29, 1.82) is 0 Å². The Labute approximate surface area is 150 Å². The summed E-state index contributed by atoms with van der Waals surface area (Å²) >= 11 is 7.26. The third-order valence-corrected chi connectivity index (χ3v) is 4.57. The van der Waals surface area contributed by atoms with Gasteiger partial charge in [-0.1, -0.05) is 29.8 Å². The van der Waals surface area contributed by atoms with Gasteiger partial charge < -0.3 is 8.83 Å². The number of hydrogen-bond acceptors (Lipinski definition) is 7. The molecule has 25 heavy (non-hydrogen) atoms. The minimum Gasteiger partial charge on any atom is -0.459 e. The predicted octanol–water partition coefficient (Wildman–Crippen LogP) is 3.68. The van der Waals surface area contributed by atoms with Gasteiger partial charge in [0.1, 0.15) is 5.02 Å². The number of benzene rings is 1. The van der Waals surface area contributed by atoms with Crippen molar-refractivity contribution in [2.45, 2.75) is 10.1 Å². The first kappa shape index (κ1) is 15.7. The van der Waals surface area contributed by atoms with Crippen molar-refractivity contribution in [3.63, 3.8) is 0 Å². The third kappa shape index (κ3) is 3.09. The van der Waals surface area contributed by atoms with Crippen molar-refractivity contribution >= 4 is 23.4 Å². The van der Waals surface area contributed by atoms with Gasteiger partial charge in [-0.15, -0.1) is 10.2 Å². The van der Waals surface area contributed by atoms with Crippen LogP contribution >= 0.6 is 23.4 Å². The maximum absolute atomic E-state index is 12.4. The summed E-state index contributed by atoms with van der Waals surface area (Å²) in [5, 5.41) is 12.2. The normalized spacial score (nSPS) is 10.9. The fourth-order valence-electron chi connectivity index (χ4n) is 2.09. The SMILES string of the molecule is O=c1c(Cl)c(Sc2nnc(-c3ccco3)o2)cnn1-c1ccccc1. The second kappa shape index (κ2) is 6.58. The van der Waals surface area contributed by atoms with Crippen molar-refractivity contribution in [2.75, 3.05) is 0 Å². The Morgan fingerprint density at radius 2 is 1.92 bits per heavy atom. The molecule has 0 N–H and O–H groups in total. The van der Waals surface area contributed by atoms with Crippen LogP contribution in [0.3, 0.4) is 0 Å². The monoisotopic (exact) mass is 372 g/mol. The average molecular weight is 373 g/mol. The fourth-order valence-corrected chi connectivity index (χ4v) is 3.00. The number of nitrogens with zero attached hydrogens (tertiary/aromatic N) is 4. The van der Waals surface area contributed by atoms with Gasteiger partial charge >= 0.3 is 0 Å². The predicted molar refractivity (Wildman–Crippen MR) is 91.0 cm³/mol. The van der Waals surface area contributed by atoms with Gasteiger partial charge in [0, 0.05) is 0 Å². The highest BCUT2D eigenvalue weighted by Crippen LogP contribution is 2.31. The van der Waals surface area contributed by atoms with Gasteiger partial charge in [0.2, 0.25) is 0 Å². The van der Waals surface area contributed by atoms with Gasteiger partial charge in [0.05, 0.1) is 23.0 Å². The van der Waals surface area contributed by atoms with E-state index >= 15 is 0 Å². The Morgan fingerprint density at radius 3 is 2.68 bits per heavy atom. The van der Waals surface area contributed by atoms with Crippen LogP contribution in [0.1, 0.15) is 0 Å². The molecule has 9 heteroatoms. The van der Waals surface area contributed by atoms with E-state index in [1.165, 1.54) is 17.1 Å². The lowest BCUT2D eigenvalue weighted by Crippen LogP contribution is -2.21. The standard InChI is InChI=1S/C16H9ClN4O3S/c17-13-12(9-18-21(15(13)22)10-5-2-1-3-6-10)25-16-20-19-14(24-16)11-7-4-8-23-11/h1-9H. The summed E-state index contributed by atoms with van der Waals surface area (Å²) in [5.74, 6) is 0.706. The molecule has 0 saturated carbocycles. The number of rotatable bonds is 4. The van der Waals surface area contributed by atoms with Crippen LogP contribution in [-0.4, -0.2) is 20.0 Å². The molecule has 124 valence electrons. The number of halogens is 1. The molecule has 0 amide bonds. The quantitative estimate of drug-likeness (QED) is 0.540. The molecule has 0 atom stereocenters. The number of para-hydroxylation sites is 1. The van der Waals surface area contributed by atoms with E-state index in [1.807, 2.05) is 18.2 Å². The molecule has 0 aliphatic rings. The Hall–Kier alpha value is -2.84. The van der Waals surface area contributed by atoms with E-state index in [1.54, 1.807) is 24.3 Å². The Kier molecular flexibility index (Phi) is 4.12. The van der Waals surface area contributed by atoms with Crippen molar-refractivity contribution in [3.8, 4) is 17.3 Å². The van der Waals surface area contributed by atoms with Crippen LogP contribution in [0.2, 0.25) is 5.02 Å². The van der Waals surface area contributed by atoms with Crippen molar-refractivity contribution in [1.82, 2.24) is 20.0 Å². The minimum atomic E-state index is -0.427. The Bertz CT molecular complexity index is 1060. The molecule has 1 aromatic carbocycles. The largest absolute Gasteiger partial charge is 0.459 e. The molecule has 4 rings (SSSR count). The van der Waals surface area contributed by atoms with E-state index < -0.39 is 5.56 Å². The van der Waals surface area contributed by atoms with Crippen LogP contribution in [0.15, 0.2) is 78.7 Å². The molecule has 3 heterocycles. The molecule has 7 nitrogen and oxygen atoms in total. The van der Waals surface area contributed by atoms with Crippen LogP contribution in [-0.2, 0) is 0 Å². The maximum atomic E-state index is 12.4. The first-order chi connectivity index (χ1) is 12.2. The molecule has 0 aliphatic heterocycles.